The van der Waals surface area contributed by atoms with Gasteiger partial charge in [0.15, 0.2) is 0 Å². The van der Waals surface area contributed by atoms with E-state index in [0.29, 0.717) is 27.0 Å². The fourth-order valence-electron chi connectivity index (χ4n) is 3.07. The molecule has 4 rings (SSSR count). The fourth-order valence-corrected chi connectivity index (χ4v) is 3.59. The van der Waals surface area contributed by atoms with Crippen LogP contribution in [0.4, 0.5) is 0 Å². The van der Waals surface area contributed by atoms with Crippen molar-refractivity contribution in [1.82, 2.24) is 19.1 Å². The molecule has 7 nitrogen and oxygen atoms in total. The lowest BCUT2D eigenvalue weighted by Gasteiger charge is -2.15. The third-order valence-electron chi connectivity index (χ3n) is 4.37. The summed E-state index contributed by atoms with van der Waals surface area (Å²) < 4.78 is 7.64. The van der Waals surface area contributed by atoms with Crippen LogP contribution in [0, 0.1) is 0 Å². The van der Waals surface area contributed by atoms with Crippen LogP contribution < -0.4 is 16.0 Å². The molecule has 9 heteroatoms. The molecule has 150 valence electrons. The van der Waals surface area contributed by atoms with Gasteiger partial charge in [0.2, 0.25) is 5.88 Å². The Labute approximate surface area is 180 Å². The highest BCUT2D eigenvalue weighted by molar-refractivity contribution is 6.34. The second kappa shape index (κ2) is 8.14. The summed E-state index contributed by atoms with van der Waals surface area (Å²) in [5, 5.41) is 0.702. The van der Waals surface area contributed by atoms with Crippen LogP contribution in [0.15, 0.2) is 76.8 Å². The predicted octanol–water partition coefficient (Wildman–Crippen LogP) is 3.76. The van der Waals surface area contributed by atoms with E-state index in [4.69, 9.17) is 27.9 Å². The maximum Gasteiger partial charge on any atom is 0.340 e. The molecule has 1 aromatic carbocycles. The number of pyridine rings is 2. The molecule has 0 aliphatic heterocycles. The predicted molar refractivity (Wildman–Crippen MR) is 115 cm³/mol. The van der Waals surface area contributed by atoms with Gasteiger partial charge in [0, 0.05) is 28.6 Å². The number of aromatic nitrogens is 4. The highest BCUT2D eigenvalue weighted by atomic mass is 35.5. The number of ether oxygens (including phenoxy) is 1. The van der Waals surface area contributed by atoms with E-state index in [9.17, 15) is 9.59 Å². The van der Waals surface area contributed by atoms with E-state index in [2.05, 4.69) is 9.97 Å². The average molecular weight is 441 g/mol. The largest absolute Gasteiger partial charge is 0.481 e. The molecule has 0 saturated heterocycles. The number of hydrogen-bond acceptors (Lipinski definition) is 5. The number of hydrogen-bond donors (Lipinski definition) is 0. The Bertz CT molecular complexity index is 1330. The van der Waals surface area contributed by atoms with Gasteiger partial charge in [-0.15, -0.1) is 0 Å². The van der Waals surface area contributed by atoms with Gasteiger partial charge >= 0.3 is 5.69 Å². The Morgan fingerprint density at radius 2 is 1.67 bits per heavy atom. The first kappa shape index (κ1) is 19.9. The van der Waals surface area contributed by atoms with Crippen molar-refractivity contribution in [2.75, 3.05) is 7.11 Å². The van der Waals surface area contributed by atoms with Gasteiger partial charge in [0.25, 0.3) is 5.56 Å². The summed E-state index contributed by atoms with van der Waals surface area (Å²) in [5.41, 5.74) is 0.226. The van der Waals surface area contributed by atoms with Crippen molar-refractivity contribution in [2.45, 2.75) is 0 Å². The Kier molecular flexibility index (Phi) is 5.39. The standard InChI is InChI=1S/C21H14Cl2N4O3/c1-30-19-17(5-3-7-25-19)18-12-26(16-9-13(22)8-14(23)10-16)21(29)27(20(18)28)15-4-2-6-24-11-15/h2-12H,1H3. The maximum absolute atomic E-state index is 13.4. The van der Waals surface area contributed by atoms with E-state index in [1.165, 1.54) is 24.1 Å². The summed E-state index contributed by atoms with van der Waals surface area (Å²) in [6, 6.07) is 11.3. The zero-order valence-corrected chi connectivity index (χ0v) is 17.1. The van der Waals surface area contributed by atoms with Gasteiger partial charge in [-0.3, -0.25) is 14.3 Å². The second-order valence-corrected chi connectivity index (χ2v) is 7.11. The minimum Gasteiger partial charge on any atom is -0.481 e. The normalized spacial score (nSPS) is 10.8. The van der Waals surface area contributed by atoms with Gasteiger partial charge in [-0.2, -0.15) is 0 Å². The molecular formula is C21H14Cl2N4O3. The van der Waals surface area contributed by atoms with Crippen LogP contribution in [0.1, 0.15) is 0 Å². The number of methoxy groups -OCH3 is 1. The van der Waals surface area contributed by atoms with Gasteiger partial charge in [-0.05, 0) is 42.5 Å². The quantitative estimate of drug-likeness (QED) is 0.482. The van der Waals surface area contributed by atoms with Crippen LogP contribution in [-0.4, -0.2) is 26.2 Å². The molecule has 3 aromatic heterocycles. The van der Waals surface area contributed by atoms with Gasteiger partial charge < -0.3 is 4.74 Å². The Morgan fingerprint density at radius 3 is 2.33 bits per heavy atom. The Balaban J connectivity index is 2.12. The molecule has 0 atom stereocenters. The molecule has 0 unspecified atom stereocenters. The third-order valence-corrected chi connectivity index (χ3v) is 4.81. The first-order valence-electron chi connectivity index (χ1n) is 8.74. The maximum atomic E-state index is 13.4. The van der Waals surface area contributed by atoms with E-state index < -0.39 is 11.2 Å². The molecule has 0 spiro atoms. The smallest absolute Gasteiger partial charge is 0.340 e. The molecule has 0 amide bonds. The topological polar surface area (TPSA) is 79.0 Å². The SMILES string of the molecule is COc1ncccc1-c1cn(-c2cc(Cl)cc(Cl)c2)c(=O)n(-c2cccnc2)c1=O. The highest BCUT2D eigenvalue weighted by Crippen LogP contribution is 2.26. The first-order valence-corrected chi connectivity index (χ1v) is 9.50. The number of halogens is 2. The highest BCUT2D eigenvalue weighted by Gasteiger charge is 2.19. The molecule has 0 radical (unpaired) electrons. The lowest BCUT2D eigenvalue weighted by Crippen LogP contribution is -2.38. The summed E-state index contributed by atoms with van der Waals surface area (Å²) in [5.74, 6) is 0.252. The zero-order valence-electron chi connectivity index (χ0n) is 15.6. The van der Waals surface area contributed by atoms with Crippen LogP contribution in [0.25, 0.3) is 22.5 Å². The van der Waals surface area contributed by atoms with E-state index in [1.807, 2.05) is 0 Å². The molecular weight excluding hydrogens is 427 g/mol. The molecule has 0 N–H and O–H groups in total. The number of nitrogens with zero attached hydrogens (tertiary/aromatic N) is 4. The van der Waals surface area contributed by atoms with Crippen molar-refractivity contribution < 1.29 is 4.74 Å². The molecule has 3 heterocycles. The van der Waals surface area contributed by atoms with E-state index >= 15 is 0 Å². The minimum atomic E-state index is -0.599. The van der Waals surface area contributed by atoms with E-state index in [-0.39, 0.29) is 11.4 Å². The van der Waals surface area contributed by atoms with Crippen molar-refractivity contribution in [2.24, 2.45) is 0 Å². The molecule has 30 heavy (non-hydrogen) atoms. The van der Waals surface area contributed by atoms with E-state index in [1.54, 1.807) is 54.9 Å². The van der Waals surface area contributed by atoms with Crippen LogP contribution in [0.3, 0.4) is 0 Å². The molecule has 0 aliphatic carbocycles. The molecule has 0 aliphatic rings. The van der Waals surface area contributed by atoms with Crippen molar-refractivity contribution in [1.29, 1.82) is 0 Å². The number of benzene rings is 1. The second-order valence-electron chi connectivity index (χ2n) is 6.24. The molecule has 0 bridgehead atoms. The molecule has 0 fully saturated rings. The monoisotopic (exact) mass is 440 g/mol. The van der Waals surface area contributed by atoms with Crippen molar-refractivity contribution in [3.8, 4) is 28.4 Å². The summed E-state index contributed by atoms with van der Waals surface area (Å²) in [4.78, 5) is 34.9. The van der Waals surface area contributed by atoms with Gasteiger partial charge in [-0.1, -0.05) is 23.2 Å². The molecule has 4 aromatic rings. The Hall–Kier alpha value is -3.42. The van der Waals surface area contributed by atoms with Crippen LogP contribution in [-0.2, 0) is 0 Å². The lowest BCUT2D eigenvalue weighted by molar-refractivity contribution is 0.399. The zero-order chi connectivity index (χ0) is 21.3. The third kappa shape index (κ3) is 3.60. The lowest BCUT2D eigenvalue weighted by atomic mass is 10.1. The van der Waals surface area contributed by atoms with Crippen molar-refractivity contribution >= 4 is 23.2 Å². The van der Waals surface area contributed by atoms with Crippen LogP contribution >= 0.6 is 23.2 Å². The van der Waals surface area contributed by atoms with Gasteiger partial charge in [0.05, 0.1) is 35.8 Å². The summed E-state index contributed by atoms with van der Waals surface area (Å²) in [6.45, 7) is 0. The average Bonchev–Trinajstić information content (AvgIpc) is 2.74. The Morgan fingerprint density at radius 1 is 0.933 bits per heavy atom. The van der Waals surface area contributed by atoms with Crippen molar-refractivity contribution in [3.05, 3.63) is 98.1 Å². The van der Waals surface area contributed by atoms with Gasteiger partial charge in [0.1, 0.15) is 0 Å². The van der Waals surface area contributed by atoms with Crippen molar-refractivity contribution in [3.63, 3.8) is 0 Å². The summed E-state index contributed by atoms with van der Waals surface area (Å²) in [7, 11) is 1.46. The van der Waals surface area contributed by atoms with Crippen LogP contribution in [0.5, 0.6) is 5.88 Å². The summed E-state index contributed by atoms with van der Waals surface area (Å²) in [6.07, 6.45) is 5.97. The fraction of sp³-hybridized carbons (Fsp3) is 0.0476. The van der Waals surface area contributed by atoms with Crippen LogP contribution in [0.2, 0.25) is 10.0 Å². The first-order chi connectivity index (χ1) is 14.5. The number of rotatable bonds is 4. The molecule has 0 saturated carbocycles. The van der Waals surface area contributed by atoms with Gasteiger partial charge in [-0.25, -0.2) is 14.3 Å². The minimum absolute atomic E-state index is 0.208. The van der Waals surface area contributed by atoms with E-state index in [0.717, 1.165) is 4.57 Å². The summed E-state index contributed by atoms with van der Waals surface area (Å²) >= 11 is 12.3.